The molecule has 0 atom stereocenters. The number of hydrogen-bond acceptors (Lipinski definition) is 7. The molecule has 24 heavy (non-hydrogen) atoms. The van der Waals surface area contributed by atoms with Crippen LogP contribution in [0.5, 0.6) is 0 Å². The van der Waals surface area contributed by atoms with Crippen molar-refractivity contribution in [3.8, 4) is 0 Å². The Morgan fingerprint density at radius 2 is 2.00 bits per heavy atom. The van der Waals surface area contributed by atoms with Crippen molar-refractivity contribution in [1.82, 2.24) is 9.97 Å². The second kappa shape index (κ2) is 6.79. The van der Waals surface area contributed by atoms with Crippen molar-refractivity contribution in [2.24, 2.45) is 0 Å². The maximum Gasteiger partial charge on any atom is 0.353 e. The second-order valence-corrected chi connectivity index (χ2v) is 5.69. The molecule has 0 spiro atoms. The van der Waals surface area contributed by atoms with Crippen LogP contribution in [0.4, 0.5) is 23.0 Å². The number of aryl methyl sites for hydroxylation is 2. The van der Waals surface area contributed by atoms with Crippen LogP contribution in [-0.4, -0.2) is 41.2 Å². The van der Waals surface area contributed by atoms with Gasteiger partial charge in [-0.2, -0.15) is 0 Å². The Morgan fingerprint density at radius 3 is 2.67 bits per heavy atom. The molecule has 3 rings (SSSR count). The van der Waals surface area contributed by atoms with Gasteiger partial charge in [0.2, 0.25) is 11.6 Å². The van der Waals surface area contributed by atoms with Crippen molar-refractivity contribution in [3.05, 3.63) is 45.8 Å². The number of morpholine rings is 1. The molecule has 1 N–H and O–H groups in total. The van der Waals surface area contributed by atoms with Crippen molar-refractivity contribution in [2.45, 2.75) is 13.8 Å². The Kier molecular flexibility index (Phi) is 4.57. The molecule has 8 nitrogen and oxygen atoms in total. The van der Waals surface area contributed by atoms with Gasteiger partial charge in [0.15, 0.2) is 0 Å². The SMILES string of the molecule is Cc1ccc(Nc2ncnc(N3CCOCC3)c2[N+](=O)[O-])c(C)c1. The third-order valence-corrected chi connectivity index (χ3v) is 3.93. The van der Waals surface area contributed by atoms with Crippen LogP contribution in [0.1, 0.15) is 11.1 Å². The van der Waals surface area contributed by atoms with E-state index in [4.69, 9.17) is 4.74 Å². The lowest BCUT2D eigenvalue weighted by atomic mass is 10.1. The zero-order valence-corrected chi connectivity index (χ0v) is 13.7. The maximum atomic E-state index is 11.6. The van der Waals surface area contributed by atoms with Crippen LogP contribution in [0.25, 0.3) is 0 Å². The molecule has 0 aliphatic carbocycles. The number of ether oxygens (including phenoxy) is 1. The first-order chi connectivity index (χ1) is 11.6. The summed E-state index contributed by atoms with van der Waals surface area (Å²) in [6.07, 6.45) is 1.35. The van der Waals surface area contributed by atoms with Gasteiger partial charge in [-0.05, 0) is 25.5 Å². The van der Waals surface area contributed by atoms with E-state index in [-0.39, 0.29) is 11.5 Å². The van der Waals surface area contributed by atoms with E-state index in [0.29, 0.717) is 32.1 Å². The minimum atomic E-state index is -0.434. The largest absolute Gasteiger partial charge is 0.378 e. The summed E-state index contributed by atoms with van der Waals surface area (Å²) >= 11 is 0. The molecule has 1 fully saturated rings. The molecule has 0 amide bonds. The predicted octanol–water partition coefficient (Wildman–Crippen LogP) is 2.58. The lowest BCUT2D eigenvalue weighted by Crippen LogP contribution is -2.37. The molecule has 8 heteroatoms. The van der Waals surface area contributed by atoms with Crippen LogP contribution < -0.4 is 10.2 Å². The van der Waals surface area contributed by atoms with E-state index < -0.39 is 4.92 Å². The first-order valence-corrected chi connectivity index (χ1v) is 7.72. The molecule has 2 heterocycles. The van der Waals surface area contributed by atoms with Crippen LogP contribution in [0.2, 0.25) is 0 Å². The van der Waals surface area contributed by atoms with Gasteiger partial charge in [-0.15, -0.1) is 0 Å². The second-order valence-electron chi connectivity index (χ2n) is 5.69. The van der Waals surface area contributed by atoms with Gasteiger partial charge in [0.25, 0.3) is 0 Å². The average Bonchev–Trinajstić information content (AvgIpc) is 2.58. The van der Waals surface area contributed by atoms with Gasteiger partial charge in [0, 0.05) is 18.8 Å². The van der Waals surface area contributed by atoms with Gasteiger partial charge >= 0.3 is 5.69 Å². The molecule has 0 radical (unpaired) electrons. The number of anilines is 3. The topological polar surface area (TPSA) is 93.4 Å². The molecular weight excluding hydrogens is 310 g/mol. The van der Waals surface area contributed by atoms with E-state index >= 15 is 0 Å². The average molecular weight is 329 g/mol. The van der Waals surface area contributed by atoms with Gasteiger partial charge in [-0.1, -0.05) is 17.7 Å². The van der Waals surface area contributed by atoms with E-state index in [1.54, 1.807) is 0 Å². The summed E-state index contributed by atoms with van der Waals surface area (Å²) in [4.78, 5) is 21.3. The highest BCUT2D eigenvalue weighted by molar-refractivity contribution is 5.75. The molecule has 0 saturated carbocycles. The van der Waals surface area contributed by atoms with Crippen molar-refractivity contribution >= 4 is 23.0 Å². The molecule has 0 bridgehead atoms. The number of hydrogen-bond donors (Lipinski definition) is 1. The first-order valence-electron chi connectivity index (χ1n) is 7.72. The Bertz CT molecular complexity index is 759. The Morgan fingerprint density at radius 1 is 1.25 bits per heavy atom. The molecule has 126 valence electrons. The number of nitrogens with one attached hydrogen (secondary N) is 1. The summed E-state index contributed by atoms with van der Waals surface area (Å²) in [6, 6.07) is 5.86. The standard InChI is InChI=1S/C16H19N5O3/c1-11-3-4-13(12(2)9-11)19-15-14(21(22)23)16(18-10-17-15)20-5-7-24-8-6-20/h3-4,9-10H,5-8H2,1-2H3,(H,17,18,19). The van der Waals surface area contributed by atoms with Crippen molar-refractivity contribution in [1.29, 1.82) is 0 Å². The van der Waals surface area contributed by atoms with Crippen LogP contribution in [0.3, 0.4) is 0 Å². The number of aromatic nitrogens is 2. The van der Waals surface area contributed by atoms with E-state index in [0.717, 1.165) is 16.8 Å². The smallest absolute Gasteiger partial charge is 0.353 e. The fraction of sp³-hybridized carbons (Fsp3) is 0.375. The molecule has 0 unspecified atom stereocenters. The highest BCUT2D eigenvalue weighted by Gasteiger charge is 2.28. The Balaban J connectivity index is 1.99. The van der Waals surface area contributed by atoms with E-state index in [9.17, 15) is 10.1 Å². The van der Waals surface area contributed by atoms with Crippen molar-refractivity contribution in [3.63, 3.8) is 0 Å². The highest BCUT2D eigenvalue weighted by Crippen LogP contribution is 2.34. The van der Waals surface area contributed by atoms with E-state index in [1.807, 2.05) is 36.9 Å². The fourth-order valence-electron chi connectivity index (χ4n) is 2.72. The number of benzene rings is 1. The van der Waals surface area contributed by atoms with Gasteiger partial charge in [-0.25, -0.2) is 9.97 Å². The molecule has 1 aromatic heterocycles. The summed E-state index contributed by atoms with van der Waals surface area (Å²) in [5.41, 5.74) is 2.80. The predicted molar refractivity (Wildman–Crippen MR) is 90.9 cm³/mol. The number of nitro groups is 1. The molecule has 1 aliphatic heterocycles. The molecule has 1 aliphatic rings. The van der Waals surface area contributed by atoms with Crippen LogP contribution in [-0.2, 0) is 4.74 Å². The van der Waals surface area contributed by atoms with Gasteiger partial charge in [0.1, 0.15) is 6.33 Å². The minimum absolute atomic E-state index is 0.112. The van der Waals surface area contributed by atoms with E-state index in [1.165, 1.54) is 6.33 Å². The molecule has 1 saturated heterocycles. The third kappa shape index (κ3) is 3.28. The lowest BCUT2D eigenvalue weighted by molar-refractivity contribution is -0.383. The summed E-state index contributed by atoms with van der Waals surface area (Å²) in [6.45, 7) is 6.15. The monoisotopic (exact) mass is 329 g/mol. The molecular formula is C16H19N5O3. The van der Waals surface area contributed by atoms with Crippen molar-refractivity contribution < 1.29 is 9.66 Å². The maximum absolute atomic E-state index is 11.6. The number of nitrogens with zero attached hydrogens (tertiary/aromatic N) is 4. The van der Waals surface area contributed by atoms with E-state index in [2.05, 4.69) is 15.3 Å². The number of rotatable bonds is 4. The molecule has 1 aromatic carbocycles. The summed E-state index contributed by atoms with van der Waals surface area (Å²) in [5, 5.41) is 14.7. The zero-order chi connectivity index (χ0) is 17.1. The first kappa shape index (κ1) is 16.1. The summed E-state index contributed by atoms with van der Waals surface area (Å²) < 4.78 is 5.30. The minimum Gasteiger partial charge on any atom is -0.378 e. The molecule has 2 aromatic rings. The quantitative estimate of drug-likeness (QED) is 0.680. The summed E-state index contributed by atoms with van der Waals surface area (Å²) in [5.74, 6) is 0.522. The normalized spacial score (nSPS) is 14.5. The van der Waals surface area contributed by atoms with Gasteiger partial charge in [-0.3, -0.25) is 10.1 Å². The zero-order valence-electron chi connectivity index (χ0n) is 13.7. The fourth-order valence-corrected chi connectivity index (χ4v) is 2.72. The van der Waals surface area contributed by atoms with Crippen molar-refractivity contribution in [2.75, 3.05) is 36.5 Å². The Labute approximate surface area is 139 Å². The van der Waals surface area contributed by atoms with Crippen LogP contribution >= 0.6 is 0 Å². The third-order valence-electron chi connectivity index (χ3n) is 3.93. The summed E-state index contributed by atoms with van der Waals surface area (Å²) in [7, 11) is 0. The van der Waals surface area contributed by atoms with Crippen LogP contribution in [0, 0.1) is 24.0 Å². The van der Waals surface area contributed by atoms with Gasteiger partial charge < -0.3 is 15.0 Å². The highest BCUT2D eigenvalue weighted by atomic mass is 16.6. The lowest BCUT2D eigenvalue weighted by Gasteiger charge is -2.27. The Hall–Kier alpha value is -2.74. The van der Waals surface area contributed by atoms with Crippen LogP contribution in [0.15, 0.2) is 24.5 Å². The van der Waals surface area contributed by atoms with Gasteiger partial charge in [0.05, 0.1) is 18.1 Å².